The van der Waals surface area contributed by atoms with Crippen molar-refractivity contribution < 1.29 is 9.59 Å². The van der Waals surface area contributed by atoms with Crippen LogP contribution in [0.15, 0.2) is 30.3 Å². The molecule has 112 valence electrons. The molecule has 1 unspecified atom stereocenters. The molecule has 5 heteroatoms. The first-order valence-electron chi connectivity index (χ1n) is 7.45. The SMILES string of the molecule is O=C(NCCc1ccccc1)C1CSCN1C(=O)C1CC1. The van der Waals surface area contributed by atoms with Gasteiger partial charge < -0.3 is 10.2 Å². The minimum atomic E-state index is -0.279. The molecular formula is C16H20N2O2S. The van der Waals surface area contributed by atoms with Crippen molar-refractivity contribution in [2.45, 2.75) is 25.3 Å². The zero-order valence-electron chi connectivity index (χ0n) is 12.0. The third kappa shape index (κ3) is 3.59. The summed E-state index contributed by atoms with van der Waals surface area (Å²) in [6.07, 6.45) is 2.80. The van der Waals surface area contributed by atoms with Gasteiger partial charge in [-0.2, -0.15) is 0 Å². The number of nitrogens with zero attached hydrogens (tertiary/aromatic N) is 1. The van der Waals surface area contributed by atoms with Crippen LogP contribution >= 0.6 is 11.8 Å². The molecule has 1 saturated carbocycles. The highest BCUT2D eigenvalue weighted by atomic mass is 32.2. The van der Waals surface area contributed by atoms with Gasteiger partial charge in [-0.15, -0.1) is 11.8 Å². The van der Waals surface area contributed by atoms with Crippen molar-refractivity contribution in [2.24, 2.45) is 5.92 Å². The van der Waals surface area contributed by atoms with E-state index in [2.05, 4.69) is 17.4 Å². The fourth-order valence-corrected chi connectivity index (χ4v) is 3.70. The van der Waals surface area contributed by atoms with Crippen molar-refractivity contribution in [3.63, 3.8) is 0 Å². The highest BCUT2D eigenvalue weighted by Gasteiger charge is 2.41. The molecule has 1 aromatic rings. The van der Waals surface area contributed by atoms with E-state index >= 15 is 0 Å². The fourth-order valence-electron chi connectivity index (χ4n) is 2.53. The molecule has 0 radical (unpaired) electrons. The molecule has 0 bridgehead atoms. The highest BCUT2D eigenvalue weighted by molar-refractivity contribution is 7.99. The van der Waals surface area contributed by atoms with Crippen molar-refractivity contribution in [3.8, 4) is 0 Å². The first-order chi connectivity index (χ1) is 10.3. The summed E-state index contributed by atoms with van der Waals surface area (Å²) in [4.78, 5) is 26.2. The molecule has 2 fully saturated rings. The van der Waals surface area contributed by atoms with Crippen LogP contribution in [-0.4, -0.2) is 40.9 Å². The molecule has 2 amide bonds. The summed E-state index contributed by atoms with van der Waals surface area (Å²) in [5.41, 5.74) is 1.21. The number of nitrogens with one attached hydrogen (secondary N) is 1. The summed E-state index contributed by atoms with van der Waals surface area (Å²) < 4.78 is 0. The van der Waals surface area contributed by atoms with Gasteiger partial charge >= 0.3 is 0 Å². The van der Waals surface area contributed by atoms with E-state index in [0.29, 0.717) is 12.4 Å². The Kier molecular flexibility index (Phi) is 4.48. The van der Waals surface area contributed by atoms with E-state index < -0.39 is 0 Å². The van der Waals surface area contributed by atoms with Crippen molar-refractivity contribution in [1.29, 1.82) is 0 Å². The van der Waals surface area contributed by atoms with Gasteiger partial charge in [-0.05, 0) is 24.8 Å². The summed E-state index contributed by atoms with van der Waals surface area (Å²) in [6.45, 7) is 0.621. The summed E-state index contributed by atoms with van der Waals surface area (Å²) >= 11 is 1.67. The molecule has 0 spiro atoms. The maximum Gasteiger partial charge on any atom is 0.243 e. The van der Waals surface area contributed by atoms with Crippen LogP contribution in [0.4, 0.5) is 0 Å². The first kappa shape index (κ1) is 14.4. The number of carbonyl (C=O) groups excluding carboxylic acids is 2. The number of amides is 2. The molecule has 2 aliphatic rings. The van der Waals surface area contributed by atoms with Crippen LogP contribution in [0.25, 0.3) is 0 Å². The molecule has 1 heterocycles. The Bertz CT molecular complexity index is 516. The Hall–Kier alpha value is -1.49. The number of benzene rings is 1. The quantitative estimate of drug-likeness (QED) is 0.900. The van der Waals surface area contributed by atoms with Crippen LogP contribution in [0.5, 0.6) is 0 Å². The van der Waals surface area contributed by atoms with Gasteiger partial charge in [0.2, 0.25) is 11.8 Å². The van der Waals surface area contributed by atoms with E-state index in [1.165, 1.54) is 5.56 Å². The van der Waals surface area contributed by atoms with Gasteiger partial charge in [0.15, 0.2) is 0 Å². The second-order valence-electron chi connectivity index (χ2n) is 5.62. The van der Waals surface area contributed by atoms with Gasteiger partial charge in [-0.25, -0.2) is 0 Å². The minimum Gasteiger partial charge on any atom is -0.354 e. The average Bonchev–Trinajstić information content (AvgIpc) is 3.24. The van der Waals surface area contributed by atoms with Crippen LogP contribution in [-0.2, 0) is 16.0 Å². The maximum atomic E-state index is 12.3. The van der Waals surface area contributed by atoms with Gasteiger partial charge in [0.05, 0.1) is 5.88 Å². The average molecular weight is 304 g/mol. The molecule has 1 saturated heterocycles. The lowest BCUT2D eigenvalue weighted by Gasteiger charge is -2.23. The van der Waals surface area contributed by atoms with Crippen LogP contribution in [0, 0.1) is 5.92 Å². The summed E-state index contributed by atoms with van der Waals surface area (Å²) in [5.74, 6) is 1.72. The summed E-state index contributed by atoms with van der Waals surface area (Å²) in [5, 5.41) is 2.97. The lowest BCUT2D eigenvalue weighted by molar-refractivity contribution is -0.138. The third-order valence-electron chi connectivity index (χ3n) is 3.95. The molecule has 1 N–H and O–H groups in total. The second kappa shape index (κ2) is 6.52. The number of carbonyl (C=O) groups is 2. The van der Waals surface area contributed by atoms with Crippen molar-refractivity contribution >= 4 is 23.6 Å². The monoisotopic (exact) mass is 304 g/mol. The summed E-state index contributed by atoms with van der Waals surface area (Å²) in [6, 6.07) is 9.82. The van der Waals surface area contributed by atoms with Crippen molar-refractivity contribution in [2.75, 3.05) is 18.2 Å². The summed E-state index contributed by atoms with van der Waals surface area (Å²) in [7, 11) is 0. The predicted molar refractivity (Wildman–Crippen MR) is 83.8 cm³/mol. The second-order valence-corrected chi connectivity index (χ2v) is 6.62. The highest BCUT2D eigenvalue weighted by Crippen LogP contribution is 2.34. The molecule has 1 aromatic carbocycles. The Balaban J connectivity index is 1.49. The topological polar surface area (TPSA) is 49.4 Å². The van der Waals surface area contributed by atoms with E-state index in [1.54, 1.807) is 16.7 Å². The van der Waals surface area contributed by atoms with Crippen LogP contribution in [0.1, 0.15) is 18.4 Å². The Morgan fingerprint density at radius 1 is 1.24 bits per heavy atom. The molecule has 1 aliphatic carbocycles. The van der Waals surface area contributed by atoms with Gasteiger partial charge in [0, 0.05) is 18.2 Å². The Morgan fingerprint density at radius 3 is 2.71 bits per heavy atom. The number of rotatable bonds is 5. The standard InChI is InChI=1S/C16H20N2O2S/c19-15(17-9-8-12-4-2-1-3-5-12)14-10-21-11-18(14)16(20)13-6-7-13/h1-5,13-14H,6-11H2,(H,17,19). The molecule has 1 aliphatic heterocycles. The zero-order valence-corrected chi connectivity index (χ0v) is 12.8. The predicted octanol–water partition coefficient (Wildman–Crippen LogP) is 1.66. The molecule has 3 rings (SSSR count). The van der Waals surface area contributed by atoms with E-state index in [4.69, 9.17) is 0 Å². The lowest BCUT2D eigenvalue weighted by Crippen LogP contribution is -2.48. The molecule has 21 heavy (non-hydrogen) atoms. The normalized spacial score (nSPS) is 21.3. The van der Waals surface area contributed by atoms with Gasteiger partial charge in [-0.3, -0.25) is 9.59 Å². The van der Waals surface area contributed by atoms with Gasteiger partial charge in [-0.1, -0.05) is 30.3 Å². The molecule has 0 aromatic heterocycles. The Labute approximate surface area is 129 Å². The smallest absolute Gasteiger partial charge is 0.243 e. The largest absolute Gasteiger partial charge is 0.354 e. The minimum absolute atomic E-state index is 0.00932. The van der Waals surface area contributed by atoms with E-state index in [9.17, 15) is 9.59 Å². The number of hydrogen-bond acceptors (Lipinski definition) is 3. The maximum absolute atomic E-state index is 12.3. The van der Waals surface area contributed by atoms with Crippen LogP contribution in [0.3, 0.4) is 0 Å². The van der Waals surface area contributed by atoms with E-state index in [0.717, 1.165) is 25.0 Å². The van der Waals surface area contributed by atoms with Crippen molar-refractivity contribution in [3.05, 3.63) is 35.9 Å². The van der Waals surface area contributed by atoms with E-state index in [1.807, 2.05) is 18.2 Å². The van der Waals surface area contributed by atoms with Crippen LogP contribution < -0.4 is 5.32 Å². The molecular weight excluding hydrogens is 284 g/mol. The van der Waals surface area contributed by atoms with Gasteiger partial charge in [0.1, 0.15) is 6.04 Å². The number of thioether (sulfide) groups is 1. The lowest BCUT2D eigenvalue weighted by atomic mass is 10.1. The first-order valence-corrected chi connectivity index (χ1v) is 8.61. The van der Waals surface area contributed by atoms with Crippen LogP contribution in [0.2, 0.25) is 0 Å². The van der Waals surface area contributed by atoms with E-state index in [-0.39, 0.29) is 23.8 Å². The third-order valence-corrected chi connectivity index (χ3v) is 4.96. The fraction of sp³-hybridized carbons (Fsp3) is 0.500. The van der Waals surface area contributed by atoms with Crippen molar-refractivity contribution in [1.82, 2.24) is 10.2 Å². The molecule has 1 atom stereocenters. The van der Waals surface area contributed by atoms with Gasteiger partial charge in [0.25, 0.3) is 0 Å². The zero-order chi connectivity index (χ0) is 14.7. The molecule has 4 nitrogen and oxygen atoms in total. The Morgan fingerprint density at radius 2 is 2.00 bits per heavy atom. The number of hydrogen-bond donors (Lipinski definition) is 1.